The van der Waals surface area contributed by atoms with Gasteiger partial charge in [-0.25, -0.2) is 9.78 Å². The van der Waals surface area contributed by atoms with Gasteiger partial charge in [0.1, 0.15) is 22.1 Å². The number of aliphatic hydroxyl groups excluding tert-OH is 1. The number of aryl methyl sites for hydroxylation is 1. The summed E-state index contributed by atoms with van der Waals surface area (Å²) in [6.07, 6.45) is 1.83. The zero-order valence-electron chi connectivity index (χ0n) is 21.3. The van der Waals surface area contributed by atoms with Gasteiger partial charge in [0.05, 0.1) is 30.5 Å². The number of Topliss-reactive ketones (excluding diaryl/α,β-unsaturated/α-hetero) is 1. The number of aromatic hydroxyl groups is 1. The van der Waals surface area contributed by atoms with E-state index in [1.165, 1.54) is 17.0 Å². The number of nitrogens with zero attached hydrogens (tertiary/aromatic N) is 2. The highest BCUT2D eigenvalue weighted by Crippen LogP contribution is 2.44. The van der Waals surface area contributed by atoms with Gasteiger partial charge in [-0.15, -0.1) is 0 Å². The second kappa shape index (κ2) is 11.5. The Bertz CT molecular complexity index is 1390. The van der Waals surface area contributed by atoms with E-state index in [2.05, 4.69) is 4.98 Å². The van der Waals surface area contributed by atoms with Crippen molar-refractivity contribution >= 4 is 39.9 Å². The van der Waals surface area contributed by atoms with Crippen molar-refractivity contribution in [3.8, 4) is 11.5 Å². The van der Waals surface area contributed by atoms with Crippen molar-refractivity contribution in [2.45, 2.75) is 39.7 Å². The maximum absolute atomic E-state index is 13.4. The smallest absolute Gasteiger partial charge is 0.350 e. The van der Waals surface area contributed by atoms with Gasteiger partial charge in [-0.3, -0.25) is 14.5 Å². The van der Waals surface area contributed by atoms with Crippen LogP contribution in [0.1, 0.15) is 59.2 Å². The van der Waals surface area contributed by atoms with Gasteiger partial charge in [0.15, 0.2) is 5.13 Å². The molecule has 2 N–H and O–H groups in total. The average Bonchev–Trinajstić information content (AvgIpc) is 3.41. The number of hydrogen-bond acceptors (Lipinski definition) is 9. The molecule has 2 heterocycles. The van der Waals surface area contributed by atoms with Crippen LogP contribution in [0.5, 0.6) is 11.5 Å². The van der Waals surface area contributed by atoms with E-state index >= 15 is 0 Å². The second-order valence-corrected chi connectivity index (χ2v) is 9.60. The number of phenolic OH excluding ortho intramolecular Hbond substituents is 1. The fraction of sp³-hybridized carbons (Fsp3) is 0.286. The molecule has 1 aliphatic heterocycles. The molecule has 1 saturated heterocycles. The molecule has 0 bridgehead atoms. The van der Waals surface area contributed by atoms with Crippen LogP contribution in [0.2, 0.25) is 0 Å². The van der Waals surface area contributed by atoms with Gasteiger partial charge in [0.25, 0.3) is 5.78 Å². The van der Waals surface area contributed by atoms with E-state index in [0.717, 1.165) is 24.2 Å². The zero-order valence-corrected chi connectivity index (χ0v) is 22.1. The summed E-state index contributed by atoms with van der Waals surface area (Å²) in [7, 11) is 0. The Labute approximate surface area is 224 Å². The summed E-state index contributed by atoms with van der Waals surface area (Å²) in [5, 5.41) is 21.3. The number of ketones is 1. The van der Waals surface area contributed by atoms with Crippen LogP contribution in [0.25, 0.3) is 5.76 Å². The van der Waals surface area contributed by atoms with Crippen LogP contribution in [0, 0.1) is 6.92 Å². The van der Waals surface area contributed by atoms with E-state index in [0.29, 0.717) is 29.2 Å². The number of anilines is 1. The highest BCUT2D eigenvalue weighted by Gasteiger charge is 2.48. The average molecular weight is 537 g/mol. The van der Waals surface area contributed by atoms with Crippen molar-refractivity contribution < 1.29 is 34.1 Å². The third kappa shape index (κ3) is 5.26. The van der Waals surface area contributed by atoms with Crippen LogP contribution in [-0.4, -0.2) is 46.1 Å². The fourth-order valence-electron chi connectivity index (χ4n) is 4.10. The second-order valence-electron chi connectivity index (χ2n) is 8.62. The normalized spacial score (nSPS) is 16.6. The molecule has 1 aliphatic rings. The molecule has 0 radical (unpaired) electrons. The van der Waals surface area contributed by atoms with E-state index in [1.54, 1.807) is 50.2 Å². The maximum atomic E-state index is 13.4. The summed E-state index contributed by atoms with van der Waals surface area (Å²) in [6, 6.07) is 11.6. The molecule has 1 amide bonds. The number of thiazole rings is 1. The molecular weight excluding hydrogens is 508 g/mol. The minimum atomic E-state index is -1.05. The summed E-state index contributed by atoms with van der Waals surface area (Å²) in [6.45, 7) is 6.02. The summed E-state index contributed by atoms with van der Waals surface area (Å²) in [4.78, 5) is 44.9. The predicted molar refractivity (Wildman–Crippen MR) is 143 cm³/mol. The first-order chi connectivity index (χ1) is 18.3. The van der Waals surface area contributed by atoms with E-state index in [1.807, 2.05) is 6.92 Å². The van der Waals surface area contributed by atoms with Crippen molar-refractivity contribution in [2.24, 2.45) is 0 Å². The highest BCUT2D eigenvalue weighted by molar-refractivity contribution is 7.17. The molecule has 3 aromatic rings. The number of aromatic nitrogens is 1. The number of aliphatic hydroxyl groups is 1. The quantitative estimate of drug-likeness (QED) is 0.127. The Hall–Kier alpha value is -4.18. The standard InChI is InChI=1S/C28H28N2O7S/c1-4-6-14-37-20-9-7-8-18(15-20)23(32)21-22(17-10-12-19(31)13-11-17)30(26(34)24(21)33)28-29-16(3)25(38-28)27(35)36-5-2/h7-13,15,22,31-32H,4-6,14H2,1-3H3/b23-21+. The number of carbonyl (C=O) groups excluding carboxylic acids is 3. The summed E-state index contributed by atoms with van der Waals surface area (Å²) < 4.78 is 10.8. The number of rotatable bonds is 9. The number of amides is 1. The number of carbonyl (C=O) groups is 3. The lowest BCUT2D eigenvalue weighted by molar-refractivity contribution is -0.132. The van der Waals surface area contributed by atoms with Gasteiger partial charge in [-0.05, 0) is 50.1 Å². The first kappa shape index (κ1) is 26.9. The molecule has 38 heavy (non-hydrogen) atoms. The lowest BCUT2D eigenvalue weighted by atomic mass is 9.95. The molecule has 2 aromatic carbocycles. The van der Waals surface area contributed by atoms with Gasteiger partial charge < -0.3 is 19.7 Å². The molecule has 1 atom stereocenters. The topological polar surface area (TPSA) is 126 Å². The molecule has 0 spiro atoms. The molecule has 198 valence electrons. The minimum absolute atomic E-state index is 0.00248. The maximum Gasteiger partial charge on any atom is 0.350 e. The fourth-order valence-corrected chi connectivity index (χ4v) is 5.08. The summed E-state index contributed by atoms with van der Waals surface area (Å²) in [5.41, 5.74) is 0.983. The summed E-state index contributed by atoms with van der Waals surface area (Å²) >= 11 is 0.929. The number of hydrogen-bond donors (Lipinski definition) is 2. The highest BCUT2D eigenvalue weighted by atomic mass is 32.1. The molecule has 1 aromatic heterocycles. The first-order valence-electron chi connectivity index (χ1n) is 12.2. The van der Waals surface area contributed by atoms with E-state index in [9.17, 15) is 24.6 Å². The molecule has 9 nitrogen and oxygen atoms in total. The zero-order chi connectivity index (χ0) is 27.4. The van der Waals surface area contributed by atoms with E-state index in [4.69, 9.17) is 9.47 Å². The molecule has 1 fully saturated rings. The van der Waals surface area contributed by atoms with Crippen LogP contribution >= 0.6 is 11.3 Å². The van der Waals surface area contributed by atoms with Gasteiger partial charge in [-0.2, -0.15) is 0 Å². The van der Waals surface area contributed by atoms with Crippen molar-refractivity contribution in [2.75, 3.05) is 18.1 Å². The lowest BCUT2D eigenvalue weighted by Crippen LogP contribution is -2.29. The third-order valence-electron chi connectivity index (χ3n) is 5.98. The SMILES string of the molecule is CCCCOc1cccc(/C(O)=C2\C(=O)C(=O)N(c3nc(C)c(C(=O)OCC)s3)C2c2ccc(O)cc2)c1. The molecule has 10 heteroatoms. The van der Waals surface area contributed by atoms with Crippen molar-refractivity contribution in [1.82, 2.24) is 4.98 Å². The number of esters is 1. The monoisotopic (exact) mass is 536 g/mol. The van der Waals surface area contributed by atoms with Gasteiger partial charge in [0, 0.05) is 5.56 Å². The number of benzene rings is 2. The first-order valence-corrected chi connectivity index (χ1v) is 13.1. The Morgan fingerprint density at radius 3 is 2.55 bits per heavy atom. The molecule has 0 aliphatic carbocycles. The van der Waals surface area contributed by atoms with Crippen molar-refractivity contribution in [3.05, 3.63) is 75.8 Å². The van der Waals surface area contributed by atoms with Crippen molar-refractivity contribution in [3.63, 3.8) is 0 Å². The molecule has 1 unspecified atom stereocenters. The van der Waals surface area contributed by atoms with E-state index in [-0.39, 0.29) is 33.7 Å². The lowest BCUT2D eigenvalue weighted by Gasteiger charge is -2.23. The molecule has 0 saturated carbocycles. The Kier molecular flexibility index (Phi) is 8.11. The molecule has 4 rings (SSSR count). The minimum Gasteiger partial charge on any atom is -0.508 e. The van der Waals surface area contributed by atoms with Crippen LogP contribution in [0.4, 0.5) is 5.13 Å². The van der Waals surface area contributed by atoms with Crippen LogP contribution in [0.3, 0.4) is 0 Å². The van der Waals surface area contributed by atoms with Crippen LogP contribution in [-0.2, 0) is 14.3 Å². The number of ether oxygens (including phenoxy) is 2. The largest absolute Gasteiger partial charge is 0.508 e. The molecular formula is C28H28N2O7S. The predicted octanol–water partition coefficient (Wildman–Crippen LogP) is 5.14. The Morgan fingerprint density at radius 2 is 1.87 bits per heavy atom. The number of unbranched alkanes of at least 4 members (excludes halogenated alkanes) is 1. The Morgan fingerprint density at radius 1 is 1.13 bits per heavy atom. The van der Waals surface area contributed by atoms with Crippen molar-refractivity contribution in [1.29, 1.82) is 0 Å². The van der Waals surface area contributed by atoms with E-state index < -0.39 is 23.7 Å². The summed E-state index contributed by atoms with van der Waals surface area (Å²) in [5.74, 6) is -2.23. The van der Waals surface area contributed by atoms with Gasteiger partial charge in [0.2, 0.25) is 0 Å². The Balaban J connectivity index is 1.84. The number of phenols is 1. The van der Waals surface area contributed by atoms with Gasteiger partial charge >= 0.3 is 11.9 Å². The van der Waals surface area contributed by atoms with Gasteiger partial charge in [-0.1, -0.05) is 48.9 Å². The van der Waals surface area contributed by atoms with Crippen LogP contribution in [0.15, 0.2) is 54.1 Å². The third-order valence-corrected chi connectivity index (χ3v) is 7.12. The van der Waals surface area contributed by atoms with Crippen LogP contribution < -0.4 is 9.64 Å².